The molecule has 41 heavy (non-hydrogen) atoms. The van der Waals surface area contributed by atoms with Gasteiger partial charge in [-0.15, -0.1) is 0 Å². The van der Waals surface area contributed by atoms with E-state index >= 15 is 0 Å². The number of fused-ring (bicyclic) bond motifs is 2. The van der Waals surface area contributed by atoms with E-state index in [2.05, 4.69) is 134 Å². The Kier molecular flexibility index (Phi) is 6.25. The first kappa shape index (κ1) is 25.4. The molecular weight excluding hydrogens is 522 g/mol. The molecule has 0 N–H and O–H groups in total. The lowest BCUT2D eigenvalue weighted by atomic mass is 9.86. The molecule has 0 fully saturated rings. The van der Waals surface area contributed by atoms with Crippen molar-refractivity contribution in [3.8, 4) is 22.1 Å². The van der Waals surface area contributed by atoms with Gasteiger partial charge in [-0.05, 0) is 64.2 Å². The van der Waals surface area contributed by atoms with Crippen molar-refractivity contribution >= 4 is 43.6 Å². The summed E-state index contributed by atoms with van der Waals surface area (Å²) in [7, 11) is 0. The van der Waals surface area contributed by atoms with E-state index in [1.807, 2.05) is 18.3 Å². The second kappa shape index (κ2) is 10.1. The molecule has 4 nitrogen and oxygen atoms in total. The predicted octanol–water partition coefficient (Wildman–Crippen LogP) is 9.96. The van der Waals surface area contributed by atoms with Crippen LogP contribution in [-0.2, 0) is 5.41 Å². The lowest BCUT2D eigenvalue weighted by Gasteiger charge is -2.21. The fraction of sp³-hybridized carbons (Fsp3) is 0.139. The zero-order chi connectivity index (χ0) is 28.0. The molecule has 0 atom stereocenters. The van der Waals surface area contributed by atoms with E-state index in [1.54, 1.807) is 11.3 Å². The highest BCUT2D eigenvalue weighted by Gasteiger charge is 2.19. The van der Waals surface area contributed by atoms with Crippen LogP contribution in [0, 0.1) is 0 Å². The molecular formula is C36H31N3OS. The molecule has 0 amide bonds. The molecule has 0 saturated heterocycles. The molecule has 0 radical (unpaired) electrons. The highest BCUT2D eigenvalue weighted by Crippen LogP contribution is 2.44. The Morgan fingerprint density at radius 3 is 2.32 bits per heavy atom. The van der Waals surface area contributed by atoms with Crippen LogP contribution in [0.1, 0.15) is 26.3 Å². The fourth-order valence-corrected chi connectivity index (χ4v) is 6.39. The van der Waals surface area contributed by atoms with Crippen LogP contribution in [0.3, 0.4) is 0 Å². The van der Waals surface area contributed by atoms with Gasteiger partial charge < -0.3 is 14.5 Å². The van der Waals surface area contributed by atoms with Crippen LogP contribution in [0.15, 0.2) is 122 Å². The maximum Gasteiger partial charge on any atom is 0.182 e. The van der Waals surface area contributed by atoms with Crippen molar-refractivity contribution in [3.63, 3.8) is 0 Å². The van der Waals surface area contributed by atoms with Crippen molar-refractivity contribution in [2.45, 2.75) is 26.2 Å². The van der Waals surface area contributed by atoms with E-state index in [0.717, 1.165) is 34.4 Å². The van der Waals surface area contributed by atoms with Crippen LogP contribution < -0.4 is 14.5 Å². The van der Waals surface area contributed by atoms with E-state index < -0.39 is 0 Å². The van der Waals surface area contributed by atoms with Crippen molar-refractivity contribution in [2.75, 3.05) is 16.5 Å². The number of aromatic nitrogens is 1. The Balaban J connectivity index is 1.23. The minimum Gasteiger partial charge on any atom is -0.447 e. The third kappa shape index (κ3) is 4.94. The van der Waals surface area contributed by atoms with Gasteiger partial charge in [0.2, 0.25) is 0 Å². The summed E-state index contributed by atoms with van der Waals surface area (Å²) < 4.78 is 7.69. The first-order valence-corrected chi connectivity index (χ1v) is 14.7. The Morgan fingerprint density at radius 1 is 0.732 bits per heavy atom. The number of pyridine rings is 1. The van der Waals surface area contributed by atoms with Crippen molar-refractivity contribution in [1.29, 1.82) is 0 Å². The number of ether oxygens (including phenoxy) is 1. The number of hydrogen-bond donors (Lipinski definition) is 0. The predicted molar refractivity (Wildman–Crippen MR) is 173 cm³/mol. The summed E-state index contributed by atoms with van der Waals surface area (Å²) in [4.78, 5) is 9.30. The van der Waals surface area contributed by atoms with Gasteiger partial charge in [-0.2, -0.15) is 0 Å². The van der Waals surface area contributed by atoms with E-state index in [1.165, 1.54) is 32.1 Å². The second-order valence-corrected chi connectivity index (χ2v) is 12.5. The number of rotatable bonds is 5. The zero-order valence-electron chi connectivity index (χ0n) is 23.4. The van der Waals surface area contributed by atoms with E-state index in [0.29, 0.717) is 0 Å². The smallest absolute Gasteiger partial charge is 0.182 e. The maximum atomic E-state index is 6.50. The van der Waals surface area contributed by atoms with Gasteiger partial charge in [0.15, 0.2) is 5.06 Å². The van der Waals surface area contributed by atoms with Crippen LogP contribution in [-0.4, -0.2) is 11.7 Å². The molecule has 3 heterocycles. The molecule has 0 aliphatic carbocycles. The topological polar surface area (TPSA) is 28.6 Å². The minimum atomic E-state index is 0.0397. The number of hydrogen-bond acceptors (Lipinski definition) is 5. The lowest BCUT2D eigenvalue weighted by Crippen LogP contribution is -2.24. The molecule has 202 valence electrons. The van der Waals surface area contributed by atoms with Gasteiger partial charge in [-0.1, -0.05) is 80.6 Å². The number of benzene rings is 4. The molecule has 2 aromatic heterocycles. The van der Waals surface area contributed by atoms with Crippen LogP contribution >= 0.6 is 11.3 Å². The monoisotopic (exact) mass is 553 g/mol. The first-order chi connectivity index (χ1) is 19.9. The largest absolute Gasteiger partial charge is 0.447 e. The van der Waals surface area contributed by atoms with Crippen molar-refractivity contribution in [1.82, 2.24) is 4.98 Å². The summed E-state index contributed by atoms with van der Waals surface area (Å²) in [6.07, 6.45) is 6.16. The van der Waals surface area contributed by atoms with E-state index in [4.69, 9.17) is 9.72 Å². The minimum absolute atomic E-state index is 0.0397. The van der Waals surface area contributed by atoms with Crippen molar-refractivity contribution < 1.29 is 4.74 Å². The molecule has 0 spiro atoms. The molecule has 4 aromatic carbocycles. The van der Waals surface area contributed by atoms with Gasteiger partial charge in [0.1, 0.15) is 5.75 Å². The number of para-hydroxylation sites is 1. The highest BCUT2D eigenvalue weighted by atomic mass is 32.1. The average Bonchev–Trinajstić information content (AvgIpc) is 3.63. The quantitative estimate of drug-likeness (QED) is 0.212. The number of anilines is 2. The van der Waals surface area contributed by atoms with Crippen LogP contribution in [0.2, 0.25) is 0 Å². The summed E-state index contributed by atoms with van der Waals surface area (Å²) in [6.45, 7) is 7.48. The standard InChI is InChI=1S/C36H31N3OS/c1-36(2,3)26-16-17-37-32(21-26)35-30-15-8-7-10-25(30)20-33-31(35)23-34(41-33)40-29-14-9-13-28(22-29)39-19-18-38(24-39)27-11-5-4-6-12-27/h4-23H,24H2,1-3H3. The average molecular weight is 554 g/mol. The zero-order valence-corrected chi connectivity index (χ0v) is 24.2. The summed E-state index contributed by atoms with van der Waals surface area (Å²) in [5, 5.41) is 4.44. The summed E-state index contributed by atoms with van der Waals surface area (Å²) in [6, 6.07) is 36.1. The normalized spacial score (nSPS) is 13.4. The van der Waals surface area contributed by atoms with E-state index in [-0.39, 0.29) is 5.41 Å². The van der Waals surface area contributed by atoms with Gasteiger partial charge in [-0.3, -0.25) is 4.98 Å². The third-order valence-electron chi connectivity index (χ3n) is 7.59. The number of nitrogens with zero attached hydrogens (tertiary/aromatic N) is 3. The summed E-state index contributed by atoms with van der Waals surface area (Å²) in [5.74, 6) is 0.819. The molecule has 1 aliphatic rings. The van der Waals surface area contributed by atoms with E-state index in [9.17, 15) is 0 Å². The van der Waals surface area contributed by atoms with Gasteiger partial charge in [0, 0.05) is 57.8 Å². The maximum absolute atomic E-state index is 6.50. The Hall–Kier alpha value is -4.61. The van der Waals surface area contributed by atoms with Gasteiger partial charge >= 0.3 is 0 Å². The van der Waals surface area contributed by atoms with Crippen LogP contribution in [0.4, 0.5) is 11.4 Å². The van der Waals surface area contributed by atoms with Crippen LogP contribution in [0.25, 0.3) is 32.1 Å². The Morgan fingerprint density at radius 2 is 1.49 bits per heavy atom. The van der Waals surface area contributed by atoms with Gasteiger partial charge in [-0.25, -0.2) is 0 Å². The lowest BCUT2D eigenvalue weighted by molar-refractivity contribution is 0.497. The van der Waals surface area contributed by atoms with Gasteiger partial charge in [0.25, 0.3) is 0 Å². The fourth-order valence-electron chi connectivity index (χ4n) is 5.40. The van der Waals surface area contributed by atoms with Crippen molar-refractivity contribution in [2.24, 2.45) is 0 Å². The van der Waals surface area contributed by atoms with Gasteiger partial charge in [0.05, 0.1) is 12.4 Å². The Labute approximate surface area is 244 Å². The first-order valence-electron chi connectivity index (χ1n) is 13.9. The molecule has 1 aliphatic heterocycles. The summed E-state index contributed by atoms with van der Waals surface area (Å²) >= 11 is 1.68. The number of thiophene rings is 1. The molecule has 0 bridgehead atoms. The highest BCUT2D eigenvalue weighted by molar-refractivity contribution is 7.21. The molecule has 6 aromatic rings. The van der Waals surface area contributed by atoms with Crippen molar-refractivity contribution in [3.05, 3.63) is 127 Å². The van der Waals surface area contributed by atoms with Crippen LogP contribution in [0.5, 0.6) is 10.8 Å². The third-order valence-corrected chi connectivity index (χ3v) is 8.55. The molecule has 0 saturated carbocycles. The second-order valence-electron chi connectivity index (χ2n) is 11.4. The Bertz CT molecular complexity index is 1900. The molecule has 0 unspecified atom stereocenters. The molecule has 5 heteroatoms. The summed E-state index contributed by atoms with van der Waals surface area (Å²) in [5.41, 5.74) is 5.73. The SMILES string of the molecule is CC(C)(C)c1ccnc(-c2c3ccccc3cc3sc(Oc4cccc(N5C=CN(c6ccccc6)C5)c4)cc23)c1. The molecule has 7 rings (SSSR count).